The lowest BCUT2D eigenvalue weighted by atomic mass is 10.0. The van der Waals surface area contributed by atoms with Crippen LogP contribution in [-0.4, -0.2) is 24.2 Å². The van der Waals surface area contributed by atoms with E-state index < -0.39 is 16.4 Å². The Bertz CT molecular complexity index is 447. The Labute approximate surface area is 104 Å². The first-order valence-electron chi connectivity index (χ1n) is 5.86. The molecule has 98 valence electrons. The summed E-state index contributed by atoms with van der Waals surface area (Å²) in [4.78, 5) is 9.92. The van der Waals surface area contributed by atoms with Gasteiger partial charge in [-0.1, -0.05) is 0 Å². The average Bonchev–Trinajstić information content (AvgIpc) is 2.85. The maximum Gasteiger partial charge on any atom is 0.306 e. The van der Waals surface area contributed by atoms with Crippen molar-refractivity contribution >= 4 is 11.4 Å². The zero-order chi connectivity index (χ0) is 13.1. The van der Waals surface area contributed by atoms with Gasteiger partial charge in [0.05, 0.1) is 11.5 Å². The molecule has 1 fully saturated rings. The predicted molar refractivity (Wildman–Crippen MR) is 65.1 cm³/mol. The third kappa shape index (κ3) is 2.76. The summed E-state index contributed by atoms with van der Waals surface area (Å²) in [6, 6.07) is 3.98. The van der Waals surface area contributed by atoms with Gasteiger partial charge in [-0.15, -0.1) is 0 Å². The lowest BCUT2D eigenvalue weighted by Gasteiger charge is -2.20. The van der Waals surface area contributed by atoms with E-state index in [0.717, 1.165) is 19.1 Å². The fourth-order valence-electron chi connectivity index (χ4n) is 2.07. The molecular weight excluding hydrogens is 239 g/mol. The normalized spacial score (nSPS) is 20.7. The second-order valence-corrected chi connectivity index (χ2v) is 4.48. The van der Waals surface area contributed by atoms with E-state index in [1.165, 1.54) is 12.1 Å². The summed E-state index contributed by atoms with van der Waals surface area (Å²) in [5, 5.41) is 13.8. The Hall–Kier alpha value is -1.69. The van der Waals surface area contributed by atoms with E-state index in [1.807, 2.05) is 6.92 Å². The van der Waals surface area contributed by atoms with Gasteiger partial charge in [-0.2, -0.15) is 4.39 Å². The highest BCUT2D eigenvalue weighted by atomic mass is 19.1. The van der Waals surface area contributed by atoms with Crippen LogP contribution in [0.3, 0.4) is 0 Å². The van der Waals surface area contributed by atoms with Crippen LogP contribution >= 0.6 is 0 Å². The summed E-state index contributed by atoms with van der Waals surface area (Å²) in [5.74, 6) is -0.434. The summed E-state index contributed by atoms with van der Waals surface area (Å²) in [5.41, 5.74) is 0.0531. The van der Waals surface area contributed by atoms with E-state index in [-0.39, 0.29) is 6.04 Å². The highest BCUT2D eigenvalue weighted by molar-refractivity contribution is 5.52. The summed E-state index contributed by atoms with van der Waals surface area (Å²) >= 11 is 0. The van der Waals surface area contributed by atoms with Crippen molar-refractivity contribution in [1.29, 1.82) is 0 Å². The van der Waals surface area contributed by atoms with E-state index in [4.69, 9.17) is 4.74 Å². The Kier molecular flexibility index (Phi) is 3.76. The molecule has 1 aliphatic heterocycles. The van der Waals surface area contributed by atoms with Crippen LogP contribution < -0.4 is 5.32 Å². The molecule has 1 aliphatic rings. The topological polar surface area (TPSA) is 64.4 Å². The van der Waals surface area contributed by atoms with Crippen LogP contribution in [0.1, 0.15) is 13.3 Å². The molecule has 5 nitrogen and oxygen atoms in total. The minimum Gasteiger partial charge on any atom is -0.382 e. The number of ether oxygens (including phenoxy) is 1. The van der Waals surface area contributed by atoms with Crippen LogP contribution in [-0.2, 0) is 4.74 Å². The number of nitro groups is 1. The number of nitrogens with one attached hydrogen (secondary N) is 1. The number of halogens is 1. The number of anilines is 1. The van der Waals surface area contributed by atoms with Crippen molar-refractivity contribution in [2.24, 2.45) is 5.92 Å². The molecule has 0 bridgehead atoms. The monoisotopic (exact) mass is 254 g/mol. The second kappa shape index (κ2) is 5.30. The van der Waals surface area contributed by atoms with Gasteiger partial charge in [0.1, 0.15) is 0 Å². The molecule has 0 radical (unpaired) electrons. The molecule has 1 aromatic carbocycles. The molecule has 1 heterocycles. The molecular formula is C12H15FN2O3. The largest absolute Gasteiger partial charge is 0.382 e. The molecule has 0 saturated carbocycles. The minimum absolute atomic E-state index is 0.137. The zero-order valence-electron chi connectivity index (χ0n) is 10.1. The number of benzene rings is 1. The van der Waals surface area contributed by atoms with Crippen molar-refractivity contribution in [3.8, 4) is 0 Å². The molecule has 0 aliphatic carbocycles. The van der Waals surface area contributed by atoms with E-state index in [1.54, 1.807) is 0 Å². The Morgan fingerprint density at radius 3 is 3.00 bits per heavy atom. The first-order valence-corrected chi connectivity index (χ1v) is 5.86. The summed E-state index contributed by atoms with van der Waals surface area (Å²) < 4.78 is 18.5. The molecule has 18 heavy (non-hydrogen) atoms. The molecule has 6 heteroatoms. The van der Waals surface area contributed by atoms with Crippen molar-refractivity contribution in [3.05, 3.63) is 34.1 Å². The van der Waals surface area contributed by atoms with Crippen molar-refractivity contribution in [2.75, 3.05) is 18.5 Å². The van der Waals surface area contributed by atoms with Gasteiger partial charge in [0, 0.05) is 30.3 Å². The van der Waals surface area contributed by atoms with Gasteiger partial charge in [-0.3, -0.25) is 10.1 Å². The van der Waals surface area contributed by atoms with Gasteiger partial charge in [0.25, 0.3) is 0 Å². The fourth-order valence-corrected chi connectivity index (χ4v) is 2.07. The van der Waals surface area contributed by atoms with Gasteiger partial charge in [0.15, 0.2) is 0 Å². The van der Waals surface area contributed by atoms with Crippen LogP contribution in [0.2, 0.25) is 0 Å². The Morgan fingerprint density at radius 1 is 1.61 bits per heavy atom. The van der Waals surface area contributed by atoms with E-state index in [0.29, 0.717) is 18.2 Å². The number of nitrogens with zero attached hydrogens (tertiary/aromatic N) is 1. The Balaban J connectivity index is 2.09. The van der Waals surface area contributed by atoms with Gasteiger partial charge in [-0.05, 0) is 25.5 Å². The van der Waals surface area contributed by atoms with Crippen LogP contribution in [0.15, 0.2) is 18.2 Å². The number of hydrogen-bond acceptors (Lipinski definition) is 4. The fraction of sp³-hybridized carbons (Fsp3) is 0.500. The third-order valence-electron chi connectivity index (χ3n) is 3.21. The van der Waals surface area contributed by atoms with Crippen LogP contribution in [0, 0.1) is 21.8 Å². The van der Waals surface area contributed by atoms with E-state index in [9.17, 15) is 14.5 Å². The summed E-state index contributed by atoms with van der Waals surface area (Å²) in [7, 11) is 0. The van der Waals surface area contributed by atoms with Gasteiger partial charge in [0.2, 0.25) is 5.82 Å². The van der Waals surface area contributed by atoms with E-state index >= 15 is 0 Å². The first kappa shape index (κ1) is 12.8. The molecule has 0 aromatic heterocycles. The molecule has 1 aromatic rings. The number of hydrogen-bond donors (Lipinski definition) is 1. The lowest BCUT2D eigenvalue weighted by molar-refractivity contribution is -0.387. The third-order valence-corrected chi connectivity index (χ3v) is 3.21. The predicted octanol–water partition coefficient (Wildman–Crippen LogP) is 2.57. The summed E-state index contributed by atoms with van der Waals surface area (Å²) in [6.07, 6.45) is 0.970. The van der Waals surface area contributed by atoms with Crippen molar-refractivity contribution in [1.82, 2.24) is 0 Å². The molecule has 2 unspecified atom stereocenters. The molecule has 0 spiro atoms. The molecule has 1 saturated heterocycles. The van der Waals surface area contributed by atoms with Crippen LogP contribution in [0.4, 0.5) is 15.8 Å². The van der Waals surface area contributed by atoms with Crippen LogP contribution in [0.5, 0.6) is 0 Å². The minimum atomic E-state index is -0.817. The van der Waals surface area contributed by atoms with Crippen LogP contribution in [0.25, 0.3) is 0 Å². The van der Waals surface area contributed by atoms with Crippen molar-refractivity contribution in [3.63, 3.8) is 0 Å². The second-order valence-electron chi connectivity index (χ2n) is 4.48. The summed E-state index contributed by atoms with van der Waals surface area (Å²) in [6.45, 7) is 3.44. The number of nitro benzene ring substituents is 1. The van der Waals surface area contributed by atoms with Gasteiger partial charge < -0.3 is 10.1 Å². The van der Waals surface area contributed by atoms with Gasteiger partial charge in [-0.25, -0.2) is 0 Å². The number of rotatable bonds is 4. The maximum absolute atomic E-state index is 13.2. The first-order chi connectivity index (χ1) is 8.58. The lowest BCUT2D eigenvalue weighted by Crippen LogP contribution is -2.26. The smallest absolute Gasteiger partial charge is 0.306 e. The Morgan fingerprint density at radius 2 is 2.39 bits per heavy atom. The molecule has 2 atom stereocenters. The van der Waals surface area contributed by atoms with Gasteiger partial charge >= 0.3 is 5.69 Å². The standard InChI is InChI=1S/C12H15FN2O3/c1-8(9-4-5-18-7-9)14-10-2-3-11(13)12(6-10)15(16)17/h2-3,6,8-9,14H,4-5,7H2,1H3. The molecule has 2 rings (SSSR count). The highest BCUT2D eigenvalue weighted by Gasteiger charge is 2.23. The highest BCUT2D eigenvalue weighted by Crippen LogP contribution is 2.24. The average molecular weight is 254 g/mol. The maximum atomic E-state index is 13.2. The van der Waals surface area contributed by atoms with Crippen molar-refractivity contribution < 1.29 is 14.1 Å². The quantitative estimate of drug-likeness (QED) is 0.662. The molecule has 1 N–H and O–H groups in total. The van der Waals surface area contributed by atoms with Crippen molar-refractivity contribution in [2.45, 2.75) is 19.4 Å². The SMILES string of the molecule is CC(Nc1ccc(F)c([N+](=O)[O-])c1)C1CCOC1. The zero-order valence-corrected chi connectivity index (χ0v) is 10.1. The van der Waals surface area contributed by atoms with E-state index in [2.05, 4.69) is 5.32 Å². The molecule has 0 amide bonds.